The van der Waals surface area contributed by atoms with E-state index >= 15 is 0 Å². The van der Waals surface area contributed by atoms with Crippen LogP contribution in [0.4, 0.5) is 0 Å². The highest BCUT2D eigenvalue weighted by molar-refractivity contribution is 5.22. The first-order chi connectivity index (χ1) is 8.57. The minimum atomic E-state index is -0.0507. The molecule has 3 heteroatoms. The molecule has 0 aliphatic rings. The zero-order valence-corrected chi connectivity index (χ0v) is 12.0. The van der Waals surface area contributed by atoms with E-state index in [0.29, 0.717) is 6.61 Å². The van der Waals surface area contributed by atoms with Gasteiger partial charge >= 0.3 is 0 Å². The fourth-order valence-corrected chi connectivity index (χ4v) is 1.72. The predicted octanol–water partition coefficient (Wildman–Crippen LogP) is 2.74. The smallest absolute Gasteiger partial charge is 0.0713 e. The van der Waals surface area contributed by atoms with Crippen molar-refractivity contribution in [1.29, 1.82) is 0 Å². The second-order valence-corrected chi connectivity index (χ2v) is 5.14. The van der Waals surface area contributed by atoms with Gasteiger partial charge in [0, 0.05) is 20.8 Å². The third kappa shape index (κ3) is 5.63. The van der Waals surface area contributed by atoms with Crippen LogP contribution in [-0.2, 0) is 22.6 Å². The zero-order valence-electron chi connectivity index (χ0n) is 12.0. The molecule has 0 unspecified atom stereocenters. The number of hydrogen-bond donors (Lipinski definition) is 1. The van der Waals surface area contributed by atoms with Crippen LogP contribution >= 0.6 is 0 Å². The molecule has 0 saturated carbocycles. The molecule has 1 aromatic carbocycles. The Bertz CT molecular complexity index is 350. The Labute approximate surface area is 110 Å². The van der Waals surface area contributed by atoms with Gasteiger partial charge in [-0.2, -0.15) is 0 Å². The van der Waals surface area contributed by atoms with Gasteiger partial charge in [0.25, 0.3) is 0 Å². The standard InChI is InChI=1S/C15H25NO2/c1-15(2,18-4)8-9-16-11-13-6-5-7-14(10-13)12-17-3/h5-7,10,16H,8-9,11-12H2,1-4H3. The van der Waals surface area contributed by atoms with Crippen LogP contribution in [0.3, 0.4) is 0 Å². The number of rotatable bonds is 8. The molecule has 1 rings (SSSR count). The molecule has 0 aliphatic carbocycles. The van der Waals surface area contributed by atoms with E-state index in [1.807, 2.05) is 0 Å². The van der Waals surface area contributed by atoms with E-state index in [9.17, 15) is 0 Å². The lowest BCUT2D eigenvalue weighted by Gasteiger charge is -2.22. The number of hydrogen-bond acceptors (Lipinski definition) is 3. The summed E-state index contributed by atoms with van der Waals surface area (Å²) in [5.74, 6) is 0. The van der Waals surface area contributed by atoms with Crippen LogP contribution in [0.25, 0.3) is 0 Å². The van der Waals surface area contributed by atoms with Gasteiger partial charge in [0.2, 0.25) is 0 Å². The van der Waals surface area contributed by atoms with Gasteiger partial charge in [-0.25, -0.2) is 0 Å². The van der Waals surface area contributed by atoms with Gasteiger partial charge in [0.15, 0.2) is 0 Å². The molecular weight excluding hydrogens is 226 g/mol. The van der Waals surface area contributed by atoms with E-state index in [4.69, 9.17) is 9.47 Å². The van der Waals surface area contributed by atoms with Gasteiger partial charge < -0.3 is 14.8 Å². The lowest BCUT2D eigenvalue weighted by atomic mass is 10.1. The van der Waals surface area contributed by atoms with Crippen molar-refractivity contribution in [3.63, 3.8) is 0 Å². The molecule has 0 fully saturated rings. The second kappa shape index (κ2) is 7.52. The van der Waals surface area contributed by atoms with Crippen molar-refractivity contribution in [2.75, 3.05) is 20.8 Å². The number of ether oxygens (including phenoxy) is 2. The molecule has 18 heavy (non-hydrogen) atoms. The summed E-state index contributed by atoms with van der Waals surface area (Å²) in [6, 6.07) is 8.47. The number of nitrogens with one attached hydrogen (secondary N) is 1. The van der Waals surface area contributed by atoms with Gasteiger partial charge in [0.1, 0.15) is 0 Å². The van der Waals surface area contributed by atoms with Crippen LogP contribution in [0.15, 0.2) is 24.3 Å². The van der Waals surface area contributed by atoms with Crippen molar-refractivity contribution in [2.45, 2.75) is 39.0 Å². The normalized spacial score (nSPS) is 11.8. The fraction of sp³-hybridized carbons (Fsp3) is 0.600. The molecule has 0 bridgehead atoms. The Morgan fingerprint density at radius 1 is 1.17 bits per heavy atom. The summed E-state index contributed by atoms with van der Waals surface area (Å²) in [6.45, 7) is 6.72. The second-order valence-electron chi connectivity index (χ2n) is 5.14. The quantitative estimate of drug-likeness (QED) is 0.721. The van der Waals surface area contributed by atoms with Gasteiger partial charge in [-0.1, -0.05) is 24.3 Å². The first-order valence-electron chi connectivity index (χ1n) is 6.40. The fourth-order valence-electron chi connectivity index (χ4n) is 1.72. The van der Waals surface area contributed by atoms with E-state index in [0.717, 1.165) is 19.5 Å². The molecule has 0 amide bonds. The number of benzene rings is 1. The highest BCUT2D eigenvalue weighted by Gasteiger charge is 2.14. The summed E-state index contributed by atoms with van der Waals surface area (Å²) >= 11 is 0. The molecule has 0 heterocycles. The SMILES string of the molecule is COCc1cccc(CNCCC(C)(C)OC)c1. The molecule has 0 radical (unpaired) electrons. The Hall–Kier alpha value is -0.900. The van der Waals surface area contributed by atoms with Gasteiger partial charge in [-0.15, -0.1) is 0 Å². The van der Waals surface area contributed by atoms with E-state index in [1.165, 1.54) is 11.1 Å². The monoisotopic (exact) mass is 251 g/mol. The molecule has 0 aliphatic heterocycles. The van der Waals surface area contributed by atoms with Crippen molar-refractivity contribution in [2.24, 2.45) is 0 Å². The topological polar surface area (TPSA) is 30.5 Å². The zero-order chi connectivity index (χ0) is 13.4. The largest absolute Gasteiger partial charge is 0.380 e. The lowest BCUT2D eigenvalue weighted by molar-refractivity contribution is 0.0158. The van der Waals surface area contributed by atoms with Crippen molar-refractivity contribution in [3.05, 3.63) is 35.4 Å². The Morgan fingerprint density at radius 2 is 1.89 bits per heavy atom. The van der Waals surface area contributed by atoms with Crippen LogP contribution < -0.4 is 5.32 Å². The molecule has 3 nitrogen and oxygen atoms in total. The molecule has 0 saturated heterocycles. The molecular formula is C15H25NO2. The first kappa shape index (κ1) is 15.2. The maximum absolute atomic E-state index is 5.38. The van der Waals surface area contributed by atoms with Crippen molar-refractivity contribution in [3.8, 4) is 0 Å². The maximum Gasteiger partial charge on any atom is 0.0713 e. The van der Waals surface area contributed by atoms with Crippen LogP contribution in [0, 0.1) is 0 Å². The molecule has 1 aromatic rings. The predicted molar refractivity (Wildman–Crippen MR) is 74.6 cm³/mol. The Morgan fingerprint density at radius 3 is 2.56 bits per heavy atom. The summed E-state index contributed by atoms with van der Waals surface area (Å²) in [5, 5.41) is 3.44. The van der Waals surface area contributed by atoms with Crippen molar-refractivity contribution >= 4 is 0 Å². The molecule has 102 valence electrons. The highest BCUT2D eigenvalue weighted by Crippen LogP contribution is 2.12. The highest BCUT2D eigenvalue weighted by atomic mass is 16.5. The van der Waals surface area contributed by atoms with Gasteiger partial charge in [-0.3, -0.25) is 0 Å². The van der Waals surface area contributed by atoms with E-state index in [-0.39, 0.29) is 5.60 Å². The lowest BCUT2D eigenvalue weighted by Crippen LogP contribution is -2.28. The maximum atomic E-state index is 5.38. The molecule has 0 aromatic heterocycles. The van der Waals surface area contributed by atoms with Gasteiger partial charge in [-0.05, 0) is 37.9 Å². The number of methoxy groups -OCH3 is 2. The average Bonchev–Trinajstić information content (AvgIpc) is 2.36. The average molecular weight is 251 g/mol. The van der Waals surface area contributed by atoms with Crippen molar-refractivity contribution in [1.82, 2.24) is 5.32 Å². The summed E-state index contributed by atoms with van der Waals surface area (Å²) < 4.78 is 10.5. The summed E-state index contributed by atoms with van der Waals surface area (Å²) in [7, 11) is 3.48. The van der Waals surface area contributed by atoms with Crippen LogP contribution in [0.5, 0.6) is 0 Å². The van der Waals surface area contributed by atoms with E-state index in [1.54, 1.807) is 14.2 Å². The van der Waals surface area contributed by atoms with Gasteiger partial charge in [0.05, 0.1) is 12.2 Å². The minimum absolute atomic E-state index is 0.0507. The third-order valence-corrected chi connectivity index (χ3v) is 3.09. The molecule has 0 spiro atoms. The summed E-state index contributed by atoms with van der Waals surface area (Å²) in [6.07, 6.45) is 1.00. The Kier molecular flexibility index (Phi) is 6.33. The van der Waals surface area contributed by atoms with Crippen molar-refractivity contribution < 1.29 is 9.47 Å². The molecule has 0 atom stereocenters. The summed E-state index contributed by atoms with van der Waals surface area (Å²) in [5.41, 5.74) is 2.46. The van der Waals surface area contributed by atoms with Crippen LogP contribution in [0.2, 0.25) is 0 Å². The first-order valence-corrected chi connectivity index (χ1v) is 6.40. The van der Waals surface area contributed by atoms with E-state index in [2.05, 4.69) is 43.4 Å². The molecule has 1 N–H and O–H groups in total. The summed E-state index contributed by atoms with van der Waals surface area (Å²) in [4.78, 5) is 0. The van der Waals surface area contributed by atoms with Crippen LogP contribution in [-0.4, -0.2) is 26.4 Å². The Balaban J connectivity index is 2.33. The minimum Gasteiger partial charge on any atom is -0.380 e. The van der Waals surface area contributed by atoms with E-state index < -0.39 is 0 Å². The third-order valence-electron chi connectivity index (χ3n) is 3.09. The van der Waals surface area contributed by atoms with Crippen LogP contribution in [0.1, 0.15) is 31.4 Å².